The Morgan fingerprint density at radius 3 is 2.46 bits per heavy atom. The Hall–Kier alpha value is -3.84. The van der Waals surface area contributed by atoms with Crippen LogP contribution >= 0.6 is 0 Å². The highest BCUT2D eigenvalue weighted by atomic mass is 16.5. The number of ether oxygens (including phenoxy) is 1. The Morgan fingerprint density at radius 1 is 1.06 bits per heavy atom. The molecule has 0 spiro atoms. The Labute approximate surface area is 200 Å². The second-order valence-corrected chi connectivity index (χ2v) is 10.1. The third kappa shape index (κ3) is 2.08. The van der Waals surface area contributed by atoms with Gasteiger partial charge in [0.25, 0.3) is 5.91 Å². The van der Waals surface area contributed by atoms with Crippen molar-refractivity contribution in [1.82, 2.24) is 14.5 Å². The average molecular weight is 465 g/mol. The molecule has 174 valence electrons. The van der Waals surface area contributed by atoms with Crippen molar-refractivity contribution in [1.29, 1.82) is 0 Å². The van der Waals surface area contributed by atoms with Gasteiger partial charge >= 0.3 is 5.97 Å². The summed E-state index contributed by atoms with van der Waals surface area (Å²) in [6, 6.07) is 16.3. The third-order valence-corrected chi connectivity index (χ3v) is 8.55. The first-order valence-corrected chi connectivity index (χ1v) is 12.3. The molecule has 3 aromatic carbocycles. The number of nitrogens with two attached hydrogens (primary N) is 1. The molecule has 5 aromatic rings. The standard InChI is InChI=1S/C28H24N4O3/c1-2-35-27(34)28(29)12-14-11-20(28)32-19-10-6-3-7-15(19)21-17-13-30-26(33)23(17)22-16-8-4-5-9-18(16)31(14)25(22)24(21)32/h3-10,14,20H,2,11-13,29H2,1H3,(H,30,33)/t14-,20+,28-/m0/s1. The number of fused-ring (bicyclic) bond motifs is 13. The van der Waals surface area contributed by atoms with Crippen LogP contribution in [0.15, 0.2) is 48.5 Å². The smallest absolute Gasteiger partial charge is 0.328 e. The summed E-state index contributed by atoms with van der Waals surface area (Å²) in [5, 5.41) is 7.34. The van der Waals surface area contributed by atoms with Crippen LogP contribution in [0.2, 0.25) is 0 Å². The molecule has 8 rings (SSSR count). The van der Waals surface area contributed by atoms with E-state index in [1.807, 2.05) is 31.2 Å². The van der Waals surface area contributed by atoms with Crippen LogP contribution in [-0.4, -0.2) is 33.2 Å². The van der Waals surface area contributed by atoms with Crippen molar-refractivity contribution >= 4 is 55.5 Å². The van der Waals surface area contributed by atoms with Gasteiger partial charge in [0.2, 0.25) is 0 Å². The first kappa shape index (κ1) is 19.5. The molecule has 1 aliphatic carbocycles. The number of carbonyl (C=O) groups excluding carboxylic acids is 2. The van der Waals surface area contributed by atoms with E-state index in [0.717, 1.165) is 61.2 Å². The van der Waals surface area contributed by atoms with E-state index in [-0.39, 0.29) is 24.0 Å². The number of para-hydroxylation sites is 2. The van der Waals surface area contributed by atoms with Crippen LogP contribution in [0.1, 0.15) is 47.8 Å². The Kier molecular flexibility index (Phi) is 3.46. The van der Waals surface area contributed by atoms with Crippen molar-refractivity contribution < 1.29 is 14.3 Å². The summed E-state index contributed by atoms with van der Waals surface area (Å²) < 4.78 is 10.2. The van der Waals surface area contributed by atoms with Gasteiger partial charge in [-0.15, -0.1) is 0 Å². The van der Waals surface area contributed by atoms with Gasteiger partial charge in [-0.3, -0.25) is 4.79 Å². The number of benzene rings is 3. The highest BCUT2D eigenvalue weighted by molar-refractivity contribution is 6.31. The summed E-state index contributed by atoms with van der Waals surface area (Å²) in [4.78, 5) is 26.6. The minimum absolute atomic E-state index is 0.0150. The molecule has 3 N–H and O–H groups in total. The van der Waals surface area contributed by atoms with E-state index in [4.69, 9.17) is 10.5 Å². The van der Waals surface area contributed by atoms with Gasteiger partial charge in [-0.2, -0.15) is 0 Å². The summed E-state index contributed by atoms with van der Waals surface area (Å²) >= 11 is 0. The zero-order valence-corrected chi connectivity index (χ0v) is 19.3. The molecule has 2 bridgehead atoms. The van der Waals surface area contributed by atoms with Gasteiger partial charge in [-0.05, 0) is 37.5 Å². The molecule has 1 saturated carbocycles. The number of rotatable bonds is 2. The highest BCUT2D eigenvalue weighted by Gasteiger charge is 2.55. The van der Waals surface area contributed by atoms with E-state index in [1.165, 1.54) is 0 Å². The van der Waals surface area contributed by atoms with Gasteiger partial charge in [0, 0.05) is 45.2 Å². The van der Waals surface area contributed by atoms with Crippen LogP contribution in [0, 0.1) is 0 Å². The van der Waals surface area contributed by atoms with Gasteiger partial charge in [-0.25, -0.2) is 4.79 Å². The minimum atomic E-state index is -1.14. The molecule has 2 aliphatic heterocycles. The Bertz CT molecular complexity index is 1790. The molecule has 35 heavy (non-hydrogen) atoms. The molecule has 4 heterocycles. The number of nitrogens with one attached hydrogen (secondary N) is 1. The maximum absolute atomic E-state index is 13.4. The van der Waals surface area contributed by atoms with Crippen LogP contribution in [0.5, 0.6) is 0 Å². The summed E-state index contributed by atoms with van der Waals surface area (Å²) in [7, 11) is 0. The van der Waals surface area contributed by atoms with Gasteiger partial charge in [0.1, 0.15) is 5.54 Å². The second kappa shape index (κ2) is 6.23. The summed E-state index contributed by atoms with van der Waals surface area (Å²) in [5.74, 6) is -0.358. The minimum Gasteiger partial charge on any atom is -0.465 e. The SMILES string of the molecule is CCOC(=O)[C@]1(N)C[C@@H]2C[C@H]1n1c3ccccc3c3c4c(c5c6ccccc6n2c5c31)C(=O)NC4. The molecule has 0 radical (unpaired) electrons. The summed E-state index contributed by atoms with van der Waals surface area (Å²) in [6.07, 6.45) is 1.21. The number of hydrogen-bond acceptors (Lipinski definition) is 4. The molecule has 3 atom stereocenters. The fourth-order valence-corrected chi connectivity index (χ4v) is 7.31. The van der Waals surface area contributed by atoms with E-state index in [1.54, 1.807) is 0 Å². The lowest BCUT2D eigenvalue weighted by Crippen LogP contribution is -2.52. The van der Waals surface area contributed by atoms with Crippen molar-refractivity contribution in [2.24, 2.45) is 5.73 Å². The fraction of sp³-hybridized carbons (Fsp3) is 0.286. The molecule has 7 heteroatoms. The summed E-state index contributed by atoms with van der Waals surface area (Å²) in [6.45, 7) is 2.61. The molecular weight excluding hydrogens is 440 g/mol. The van der Waals surface area contributed by atoms with Crippen molar-refractivity contribution in [3.8, 4) is 0 Å². The quantitative estimate of drug-likeness (QED) is 0.381. The fourth-order valence-electron chi connectivity index (χ4n) is 7.31. The largest absolute Gasteiger partial charge is 0.465 e. The zero-order valence-electron chi connectivity index (χ0n) is 19.3. The third-order valence-electron chi connectivity index (χ3n) is 8.55. The van der Waals surface area contributed by atoms with Crippen LogP contribution < -0.4 is 11.1 Å². The maximum Gasteiger partial charge on any atom is 0.328 e. The average Bonchev–Trinajstić information content (AvgIpc) is 3.56. The topological polar surface area (TPSA) is 91.3 Å². The first-order valence-electron chi connectivity index (χ1n) is 12.3. The highest BCUT2D eigenvalue weighted by Crippen LogP contribution is 2.56. The van der Waals surface area contributed by atoms with Gasteiger partial charge < -0.3 is 24.9 Å². The zero-order chi connectivity index (χ0) is 23.6. The van der Waals surface area contributed by atoms with Crippen LogP contribution in [0.4, 0.5) is 0 Å². The van der Waals surface area contributed by atoms with Crippen molar-refractivity contribution in [3.05, 3.63) is 59.7 Å². The number of amides is 1. The predicted molar refractivity (Wildman–Crippen MR) is 134 cm³/mol. The molecule has 2 aromatic heterocycles. The predicted octanol–water partition coefficient (Wildman–Crippen LogP) is 4.30. The van der Waals surface area contributed by atoms with Crippen molar-refractivity contribution in [3.63, 3.8) is 0 Å². The molecule has 0 unspecified atom stereocenters. The van der Waals surface area contributed by atoms with Crippen molar-refractivity contribution in [2.75, 3.05) is 6.61 Å². The molecular formula is C28H24N4O3. The molecule has 3 aliphatic rings. The van der Waals surface area contributed by atoms with Gasteiger partial charge in [0.15, 0.2) is 0 Å². The summed E-state index contributed by atoms with van der Waals surface area (Å²) in [5.41, 5.74) is 12.0. The molecule has 0 saturated heterocycles. The van der Waals surface area contributed by atoms with E-state index in [2.05, 4.69) is 38.7 Å². The number of hydrogen-bond donors (Lipinski definition) is 2. The monoisotopic (exact) mass is 464 g/mol. The van der Waals surface area contributed by atoms with Crippen LogP contribution in [0.25, 0.3) is 43.6 Å². The number of carbonyl (C=O) groups is 2. The number of esters is 1. The number of nitrogens with zero attached hydrogens (tertiary/aromatic N) is 2. The van der Waals surface area contributed by atoms with Crippen LogP contribution in [0.3, 0.4) is 0 Å². The van der Waals surface area contributed by atoms with E-state index >= 15 is 0 Å². The Balaban J connectivity index is 1.66. The molecule has 7 nitrogen and oxygen atoms in total. The molecule has 1 fully saturated rings. The van der Waals surface area contributed by atoms with E-state index < -0.39 is 5.54 Å². The second-order valence-electron chi connectivity index (χ2n) is 10.1. The van der Waals surface area contributed by atoms with Gasteiger partial charge in [-0.1, -0.05) is 36.4 Å². The lowest BCUT2D eigenvalue weighted by atomic mass is 9.93. The van der Waals surface area contributed by atoms with Gasteiger partial charge in [0.05, 0.1) is 29.2 Å². The normalized spacial score (nSPS) is 24.6. The lowest BCUT2D eigenvalue weighted by molar-refractivity contribution is -0.150. The lowest BCUT2D eigenvalue weighted by Gasteiger charge is -2.32. The Morgan fingerprint density at radius 2 is 1.71 bits per heavy atom. The molecule has 1 amide bonds. The first-order chi connectivity index (χ1) is 17.0. The maximum atomic E-state index is 13.4. The van der Waals surface area contributed by atoms with E-state index in [9.17, 15) is 9.59 Å². The van der Waals surface area contributed by atoms with Crippen LogP contribution in [-0.2, 0) is 16.1 Å². The van der Waals surface area contributed by atoms with Crippen molar-refractivity contribution in [2.45, 2.75) is 43.9 Å². The number of aromatic nitrogens is 2. The van der Waals surface area contributed by atoms with E-state index in [0.29, 0.717) is 19.6 Å².